The maximum absolute atomic E-state index is 12.4. The number of carbonyl (C=O) groups is 1. The van der Waals surface area contributed by atoms with E-state index >= 15 is 0 Å². The minimum Gasteiger partial charge on any atom is -0.377 e. The molecule has 1 atom stereocenters. The van der Waals surface area contributed by atoms with Gasteiger partial charge in [0.15, 0.2) is 5.82 Å². The normalized spacial score (nSPS) is 21.9. The maximum Gasteiger partial charge on any atom is 0.236 e. The van der Waals surface area contributed by atoms with Crippen LogP contribution in [-0.4, -0.2) is 64.7 Å². The van der Waals surface area contributed by atoms with Crippen LogP contribution in [0, 0.1) is 6.92 Å². The highest BCUT2D eigenvalue weighted by atomic mass is 16.5. The summed E-state index contributed by atoms with van der Waals surface area (Å²) in [6.07, 6.45) is 4.59. The summed E-state index contributed by atoms with van der Waals surface area (Å²) in [5.74, 6) is 1.37. The number of nitrogens with zero attached hydrogens (tertiary/aromatic N) is 4. The number of hydrogen-bond acceptors (Lipinski definition) is 6. The van der Waals surface area contributed by atoms with Crippen LogP contribution >= 0.6 is 0 Å². The number of ether oxygens (including phenoxy) is 1. The number of aryl methyl sites for hydroxylation is 1. The van der Waals surface area contributed by atoms with Crippen LogP contribution in [-0.2, 0) is 16.1 Å². The van der Waals surface area contributed by atoms with Crippen molar-refractivity contribution in [3.8, 4) is 0 Å². The molecule has 1 amide bonds. The first kappa shape index (κ1) is 15.4. The van der Waals surface area contributed by atoms with E-state index in [9.17, 15) is 4.79 Å². The Morgan fingerprint density at radius 1 is 1.36 bits per heavy atom. The zero-order valence-electron chi connectivity index (χ0n) is 13.2. The standard InChI is InChI=1S/C15H24N4O3/c1-12-16-14(17-22-12)10-18(9-13-5-4-8-21-13)11-15(20)19-6-2-3-7-19/h13H,2-11H2,1H3. The molecule has 2 aliphatic rings. The molecule has 7 nitrogen and oxygen atoms in total. The Balaban J connectivity index is 1.60. The first-order valence-electron chi connectivity index (χ1n) is 8.11. The maximum atomic E-state index is 12.4. The predicted molar refractivity (Wildman–Crippen MR) is 79.1 cm³/mol. The van der Waals surface area contributed by atoms with Gasteiger partial charge in [-0.15, -0.1) is 0 Å². The average molecular weight is 308 g/mol. The number of aromatic nitrogens is 2. The fraction of sp³-hybridized carbons (Fsp3) is 0.800. The van der Waals surface area contributed by atoms with Crippen LogP contribution in [0.3, 0.4) is 0 Å². The lowest BCUT2D eigenvalue weighted by Crippen LogP contribution is -2.41. The Labute approximate surface area is 130 Å². The zero-order chi connectivity index (χ0) is 15.4. The largest absolute Gasteiger partial charge is 0.377 e. The molecule has 22 heavy (non-hydrogen) atoms. The molecule has 2 saturated heterocycles. The van der Waals surface area contributed by atoms with E-state index in [1.54, 1.807) is 6.92 Å². The summed E-state index contributed by atoms with van der Waals surface area (Å²) >= 11 is 0. The van der Waals surface area contributed by atoms with E-state index < -0.39 is 0 Å². The summed E-state index contributed by atoms with van der Waals surface area (Å²) < 4.78 is 10.7. The average Bonchev–Trinajstić information content (AvgIpc) is 3.21. The van der Waals surface area contributed by atoms with Crippen LogP contribution in [0.25, 0.3) is 0 Å². The van der Waals surface area contributed by atoms with Crippen molar-refractivity contribution in [1.82, 2.24) is 19.9 Å². The van der Waals surface area contributed by atoms with Crippen molar-refractivity contribution in [1.29, 1.82) is 0 Å². The fourth-order valence-electron chi connectivity index (χ4n) is 3.12. The van der Waals surface area contributed by atoms with Gasteiger partial charge >= 0.3 is 0 Å². The van der Waals surface area contributed by atoms with Crippen molar-refractivity contribution >= 4 is 5.91 Å². The summed E-state index contributed by atoms with van der Waals surface area (Å²) in [4.78, 5) is 20.7. The van der Waals surface area contributed by atoms with Crippen molar-refractivity contribution in [3.63, 3.8) is 0 Å². The van der Waals surface area contributed by atoms with Gasteiger partial charge in [0, 0.05) is 33.2 Å². The number of carbonyl (C=O) groups excluding carboxylic acids is 1. The van der Waals surface area contributed by atoms with Crippen molar-refractivity contribution in [3.05, 3.63) is 11.7 Å². The van der Waals surface area contributed by atoms with Gasteiger partial charge in [0.1, 0.15) is 0 Å². The molecule has 3 rings (SSSR count). The summed E-state index contributed by atoms with van der Waals surface area (Å²) in [7, 11) is 0. The number of rotatable bonds is 6. The van der Waals surface area contributed by atoms with Gasteiger partial charge in [0.2, 0.25) is 11.8 Å². The van der Waals surface area contributed by atoms with Crippen LogP contribution in [0.2, 0.25) is 0 Å². The molecule has 0 radical (unpaired) electrons. The minimum atomic E-state index is 0.190. The van der Waals surface area contributed by atoms with Gasteiger partial charge in [-0.3, -0.25) is 9.69 Å². The summed E-state index contributed by atoms with van der Waals surface area (Å²) in [5.41, 5.74) is 0. The molecule has 0 spiro atoms. The lowest BCUT2D eigenvalue weighted by molar-refractivity contribution is -0.131. The number of likely N-dealkylation sites (tertiary alicyclic amines) is 1. The van der Waals surface area contributed by atoms with Gasteiger partial charge in [0.25, 0.3) is 0 Å². The van der Waals surface area contributed by atoms with Gasteiger partial charge in [-0.05, 0) is 25.7 Å². The Kier molecular flexibility index (Phi) is 5.04. The Morgan fingerprint density at radius 3 is 2.82 bits per heavy atom. The predicted octanol–water partition coefficient (Wildman–Crippen LogP) is 0.981. The molecule has 1 unspecified atom stereocenters. The van der Waals surface area contributed by atoms with Crippen molar-refractivity contribution in [2.45, 2.75) is 45.3 Å². The van der Waals surface area contributed by atoms with E-state index in [2.05, 4.69) is 15.0 Å². The van der Waals surface area contributed by atoms with Crippen LogP contribution < -0.4 is 0 Å². The van der Waals surface area contributed by atoms with Gasteiger partial charge in [-0.25, -0.2) is 0 Å². The molecule has 122 valence electrons. The molecule has 3 heterocycles. The molecule has 0 bridgehead atoms. The highest BCUT2D eigenvalue weighted by Gasteiger charge is 2.25. The van der Waals surface area contributed by atoms with Crippen LogP contribution in [0.5, 0.6) is 0 Å². The molecule has 2 aliphatic heterocycles. The molecule has 0 aliphatic carbocycles. The van der Waals surface area contributed by atoms with Crippen molar-refractivity contribution < 1.29 is 14.1 Å². The van der Waals surface area contributed by atoms with Gasteiger partial charge in [-0.2, -0.15) is 4.98 Å². The summed E-state index contributed by atoms with van der Waals surface area (Å²) in [6, 6.07) is 0. The Morgan fingerprint density at radius 2 is 2.18 bits per heavy atom. The summed E-state index contributed by atoms with van der Waals surface area (Å²) in [5, 5.41) is 3.94. The lowest BCUT2D eigenvalue weighted by atomic mass is 10.2. The fourth-order valence-corrected chi connectivity index (χ4v) is 3.12. The third-order valence-electron chi connectivity index (χ3n) is 4.24. The molecule has 0 saturated carbocycles. The molecule has 0 N–H and O–H groups in total. The molecular formula is C15H24N4O3. The van der Waals surface area contributed by atoms with Gasteiger partial charge < -0.3 is 14.2 Å². The van der Waals surface area contributed by atoms with Crippen molar-refractivity contribution in [2.24, 2.45) is 0 Å². The minimum absolute atomic E-state index is 0.190. The van der Waals surface area contributed by atoms with Crippen molar-refractivity contribution in [2.75, 3.05) is 32.8 Å². The Hall–Kier alpha value is -1.47. The first-order chi connectivity index (χ1) is 10.7. The Bertz CT molecular complexity index is 493. The SMILES string of the molecule is Cc1nc(CN(CC(=O)N2CCCC2)CC2CCCO2)no1. The third-order valence-corrected chi connectivity index (χ3v) is 4.24. The second-order valence-corrected chi connectivity index (χ2v) is 6.12. The van der Waals surface area contributed by atoms with E-state index in [1.807, 2.05) is 4.90 Å². The summed E-state index contributed by atoms with van der Waals surface area (Å²) in [6.45, 7) is 6.02. The second kappa shape index (κ2) is 7.19. The van der Waals surface area contributed by atoms with Gasteiger partial charge in [-0.1, -0.05) is 5.16 Å². The smallest absolute Gasteiger partial charge is 0.236 e. The monoisotopic (exact) mass is 308 g/mol. The topological polar surface area (TPSA) is 71.7 Å². The zero-order valence-corrected chi connectivity index (χ0v) is 13.2. The highest BCUT2D eigenvalue weighted by Crippen LogP contribution is 2.15. The second-order valence-electron chi connectivity index (χ2n) is 6.12. The van der Waals surface area contributed by atoms with Crippen LogP contribution in [0.1, 0.15) is 37.4 Å². The molecule has 7 heteroatoms. The van der Waals surface area contributed by atoms with Gasteiger partial charge in [0.05, 0.1) is 19.2 Å². The molecule has 1 aromatic heterocycles. The third kappa shape index (κ3) is 4.04. The number of hydrogen-bond donors (Lipinski definition) is 0. The van der Waals surface area contributed by atoms with Crippen LogP contribution in [0.15, 0.2) is 4.52 Å². The molecule has 0 aromatic carbocycles. The van der Waals surface area contributed by atoms with E-state index in [0.717, 1.165) is 51.9 Å². The van der Waals surface area contributed by atoms with E-state index in [1.165, 1.54) is 0 Å². The number of amides is 1. The molecule has 2 fully saturated rings. The van der Waals surface area contributed by atoms with E-state index in [4.69, 9.17) is 9.26 Å². The molecular weight excluding hydrogens is 284 g/mol. The van der Waals surface area contributed by atoms with E-state index in [-0.39, 0.29) is 12.0 Å². The molecule has 1 aromatic rings. The van der Waals surface area contributed by atoms with Crippen LogP contribution in [0.4, 0.5) is 0 Å². The van der Waals surface area contributed by atoms with E-state index in [0.29, 0.717) is 24.8 Å². The lowest BCUT2D eigenvalue weighted by Gasteiger charge is -2.25. The quantitative estimate of drug-likeness (QED) is 0.780. The highest BCUT2D eigenvalue weighted by molar-refractivity contribution is 5.78. The first-order valence-corrected chi connectivity index (χ1v) is 8.11.